The highest BCUT2D eigenvalue weighted by Crippen LogP contribution is 2.35. The van der Waals surface area contributed by atoms with Gasteiger partial charge in [0, 0.05) is 32.8 Å². The van der Waals surface area contributed by atoms with Crippen molar-refractivity contribution in [1.82, 2.24) is 14.8 Å². The van der Waals surface area contributed by atoms with Crippen LogP contribution in [-0.2, 0) is 6.54 Å². The highest BCUT2D eigenvalue weighted by Gasteiger charge is 2.16. The van der Waals surface area contributed by atoms with E-state index < -0.39 is 0 Å². The number of hydrogen-bond donors (Lipinski definition) is 0. The molecule has 0 saturated carbocycles. The van der Waals surface area contributed by atoms with Crippen LogP contribution in [0.1, 0.15) is 5.56 Å². The molecule has 0 aliphatic carbocycles. The van der Waals surface area contributed by atoms with Gasteiger partial charge in [0.05, 0.1) is 17.9 Å². The van der Waals surface area contributed by atoms with Crippen LogP contribution in [-0.4, -0.2) is 14.8 Å². The van der Waals surface area contributed by atoms with Crippen molar-refractivity contribution in [3.8, 4) is 22.6 Å². The van der Waals surface area contributed by atoms with Crippen LogP contribution in [0.2, 0.25) is 0 Å². The standard InChI is InChI=1S/C23H16FN3S/c24-19-9-3-1-7-16(19)14-27-22(13-21(26-27)20-10-5-6-12-25-20)18-15-28-23-11-4-2-8-17(18)23/h1-13,15H,14H2. The second-order valence-corrected chi connectivity index (χ2v) is 7.44. The molecular weight excluding hydrogens is 369 g/mol. The summed E-state index contributed by atoms with van der Waals surface area (Å²) in [6, 6.07) is 22.9. The Labute approximate surface area is 165 Å². The summed E-state index contributed by atoms with van der Waals surface area (Å²) >= 11 is 1.70. The first kappa shape index (κ1) is 16.8. The first-order valence-corrected chi connectivity index (χ1v) is 9.87. The van der Waals surface area contributed by atoms with E-state index in [2.05, 4.69) is 22.5 Å². The molecule has 5 rings (SSSR count). The van der Waals surface area contributed by atoms with Crippen LogP contribution in [0.5, 0.6) is 0 Å². The molecule has 5 heteroatoms. The topological polar surface area (TPSA) is 30.7 Å². The molecule has 0 radical (unpaired) electrons. The number of thiophene rings is 1. The van der Waals surface area contributed by atoms with Crippen molar-refractivity contribution < 1.29 is 4.39 Å². The lowest BCUT2D eigenvalue weighted by Gasteiger charge is -2.08. The minimum absolute atomic E-state index is 0.224. The van der Waals surface area contributed by atoms with Gasteiger partial charge in [0.1, 0.15) is 11.5 Å². The number of benzene rings is 2. The molecule has 3 heterocycles. The van der Waals surface area contributed by atoms with E-state index in [0.717, 1.165) is 22.6 Å². The first-order chi connectivity index (χ1) is 13.8. The lowest BCUT2D eigenvalue weighted by Crippen LogP contribution is -2.05. The number of fused-ring (bicyclic) bond motifs is 1. The minimum atomic E-state index is -0.224. The minimum Gasteiger partial charge on any atom is -0.260 e. The number of halogens is 1. The fraction of sp³-hybridized carbons (Fsp3) is 0.0435. The van der Waals surface area contributed by atoms with Crippen molar-refractivity contribution >= 4 is 21.4 Å². The van der Waals surface area contributed by atoms with Gasteiger partial charge in [-0.1, -0.05) is 42.5 Å². The molecule has 0 aliphatic heterocycles. The third kappa shape index (κ3) is 3.00. The molecule has 3 nitrogen and oxygen atoms in total. The lowest BCUT2D eigenvalue weighted by atomic mass is 10.1. The lowest BCUT2D eigenvalue weighted by molar-refractivity contribution is 0.587. The number of pyridine rings is 1. The molecule has 28 heavy (non-hydrogen) atoms. The SMILES string of the molecule is Fc1ccccc1Cn1nc(-c2ccccn2)cc1-c1csc2ccccc12. The summed E-state index contributed by atoms with van der Waals surface area (Å²) in [6.45, 7) is 0.360. The van der Waals surface area contributed by atoms with Crippen molar-refractivity contribution in [1.29, 1.82) is 0 Å². The van der Waals surface area contributed by atoms with E-state index in [1.54, 1.807) is 29.7 Å². The smallest absolute Gasteiger partial charge is 0.128 e. The Kier molecular flexibility index (Phi) is 4.22. The number of hydrogen-bond acceptors (Lipinski definition) is 3. The van der Waals surface area contributed by atoms with E-state index >= 15 is 0 Å². The van der Waals surface area contributed by atoms with Gasteiger partial charge in [-0.2, -0.15) is 5.10 Å². The van der Waals surface area contributed by atoms with Gasteiger partial charge in [-0.3, -0.25) is 9.67 Å². The third-order valence-corrected chi connectivity index (χ3v) is 5.71. The van der Waals surface area contributed by atoms with E-state index in [4.69, 9.17) is 5.10 Å². The van der Waals surface area contributed by atoms with Crippen LogP contribution >= 0.6 is 11.3 Å². The monoisotopic (exact) mass is 385 g/mol. The van der Waals surface area contributed by atoms with Crippen molar-refractivity contribution in [2.24, 2.45) is 0 Å². The van der Waals surface area contributed by atoms with Crippen LogP contribution in [0.4, 0.5) is 4.39 Å². The zero-order valence-electron chi connectivity index (χ0n) is 14.9. The molecular formula is C23H16FN3S. The predicted octanol–water partition coefficient (Wildman–Crippen LogP) is 6.01. The van der Waals surface area contributed by atoms with Gasteiger partial charge >= 0.3 is 0 Å². The summed E-state index contributed by atoms with van der Waals surface area (Å²) in [5.74, 6) is -0.224. The molecule has 0 atom stereocenters. The number of nitrogens with zero attached hydrogens (tertiary/aromatic N) is 3. The second kappa shape index (κ2) is 7.02. The van der Waals surface area contributed by atoms with Gasteiger partial charge in [0.2, 0.25) is 0 Å². The number of aromatic nitrogens is 3. The van der Waals surface area contributed by atoms with E-state index in [1.165, 1.54) is 16.2 Å². The van der Waals surface area contributed by atoms with Crippen LogP contribution < -0.4 is 0 Å². The summed E-state index contributed by atoms with van der Waals surface area (Å²) < 4.78 is 17.4. The van der Waals surface area contributed by atoms with Crippen LogP contribution in [0.15, 0.2) is 84.4 Å². The molecule has 0 fully saturated rings. The Balaban J connectivity index is 1.68. The van der Waals surface area contributed by atoms with Gasteiger partial charge in [-0.15, -0.1) is 11.3 Å². The van der Waals surface area contributed by atoms with Crippen LogP contribution in [0.25, 0.3) is 32.7 Å². The Morgan fingerprint density at radius 2 is 1.71 bits per heavy atom. The molecule has 3 aromatic heterocycles. The highest BCUT2D eigenvalue weighted by atomic mass is 32.1. The summed E-state index contributed by atoms with van der Waals surface area (Å²) in [5.41, 5.74) is 4.25. The Bertz CT molecular complexity index is 1260. The Hall–Kier alpha value is -3.31. The summed E-state index contributed by atoms with van der Waals surface area (Å²) in [7, 11) is 0. The molecule has 0 N–H and O–H groups in total. The second-order valence-electron chi connectivity index (χ2n) is 6.52. The molecule has 5 aromatic rings. The maximum Gasteiger partial charge on any atom is 0.128 e. The molecule has 0 aliphatic rings. The normalized spacial score (nSPS) is 11.2. The molecule has 2 aromatic carbocycles. The van der Waals surface area contributed by atoms with Gasteiger partial charge < -0.3 is 0 Å². The summed E-state index contributed by atoms with van der Waals surface area (Å²) in [4.78, 5) is 4.42. The van der Waals surface area contributed by atoms with Crippen LogP contribution in [0.3, 0.4) is 0 Å². The van der Waals surface area contributed by atoms with E-state index in [9.17, 15) is 4.39 Å². The van der Waals surface area contributed by atoms with Crippen LogP contribution in [0, 0.1) is 5.82 Å². The van der Waals surface area contributed by atoms with E-state index in [-0.39, 0.29) is 5.82 Å². The molecule has 0 amide bonds. The maximum atomic E-state index is 14.3. The summed E-state index contributed by atoms with van der Waals surface area (Å²) in [5, 5.41) is 8.09. The summed E-state index contributed by atoms with van der Waals surface area (Å²) in [6.07, 6.45) is 1.75. The van der Waals surface area contributed by atoms with Gasteiger partial charge in [-0.25, -0.2) is 4.39 Å². The quantitative estimate of drug-likeness (QED) is 0.379. The third-order valence-electron chi connectivity index (χ3n) is 4.74. The highest BCUT2D eigenvalue weighted by molar-refractivity contribution is 7.17. The van der Waals surface area contributed by atoms with Gasteiger partial charge in [0.15, 0.2) is 0 Å². The molecule has 0 saturated heterocycles. The fourth-order valence-corrected chi connectivity index (χ4v) is 4.31. The largest absolute Gasteiger partial charge is 0.260 e. The Morgan fingerprint density at radius 1 is 0.893 bits per heavy atom. The molecule has 0 bridgehead atoms. The fourth-order valence-electron chi connectivity index (χ4n) is 3.36. The van der Waals surface area contributed by atoms with Crippen molar-refractivity contribution in [2.75, 3.05) is 0 Å². The first-order valence-electron chi connectivity index (χ1n) is 8.99. The zero-order chi connectivity index (χ0) is 18.9. The van der Waals surface area contributed by atoms with E-state index in [0.29, 0.717) is 12.1 Å². The van der Waals surface area contributed by atoms with Gasteiger partial charge in [0.25, 0.3) is 0 Å². The zero-order valence-corrected chi connectivity index (χ0v) is 15.7. The maximum absolute atomic E-state index is 14.3. The molecule has 136 valence electrons. The van der Waals surface area contributed by atoms with Gasteiger partial charge in [-0.05, 0) is 30.3 Å². The van der Waals surface area contributed by atoms with Crippen molar-refractivity contribution in [3.05, 3.63) is 95.8 Å². The van der Waals surface area contributed by atoms with E-state index in [1.807, 2.05) is 47.1 Å². The average molecular weight is 385 g/mol. The average Bonchev–Trinajstić information content (AvgIpc) is 3.34. The molecule has 0 spiro atoms. The molecule has 0 unspecified atom stereocenters. The predicted molar refractivity (Wildman–Crippen MR) is 112 cm³/mol. The van der Waals surface area contributed by atoms with Crippen molar-refractivity contribution in [3.63, 3.8) is 0 Å². The number of rotatable bonds is 4. The van der Waals surface area contributed by atoms with Crippen molar-refractivity contribution in [2.45, 2.75) is 6.54 Å². The Morgan fingerprint density at radius 3 is 2.57 bits per heavy atom.